The second kappa shape index (κ2) is 7.70. The van der Waals surface area contributed by atoms with E-state index in [0.29, 0.717) is 30.8 Å². The maximum absolute atomic E-state index is 12.6. The lowest BCUT2D eigenvalue weighted by atomic mass is 9.90. The molecular formula is C23H27N5O2. The highest BCUT2D eigenvalue weighted by molar-refractivity contribution is 5.78. The Bertz CT molecular complexity index is 915. The number of carbonyl (C=O) groups excluding carboxylic acids is 2. The Morgan fingerprint density at radius 2 is 1.90 bits per heavy atom. The fourth-order valence-corrected chi connectivity index (χ4v) is 4.99. The molecule has 156 valence electrons. The topological polar surface area (TPSA) is 78.4 Å². The Balaban J connectivity index is 1.06. The molecule has 1 atom stereocenters. The highest BCUT2D eigenvalue weighted by atomic mass is 16.2. The maximum Gasteiger partial charge on any atom is 0.318 e. The quantitative estimate of drug-likeness (QED) is 0.847. The molecular weight excluding hydrogens is 378 g/mol. The fourth-order valence-electron chi connectivity index (χ4n) is 4.99. The van der Waals surface area contributed by atoms with Crippen LogP contribution < -0.4 is 5.32 Å². The van der Waals surface area contributed by atoms with Crippen LogP contribution in [0.4, 0.5) is 4.79 Å². The fraction of sp³-hybridized carbons (Fsp3) is 0.478. The van der Waals surface area contributed by atoms with Crippen molar-refractivity contribution in [2.24, 2.45) is 11.3 Å². The van der Waals surface area contributed by atoms with Crippen molar-refractivity contribution < 1.29 is 9.59 Å². The molecule has 1 aliphatic carbocycles. The maximum atomic E-state index is 12.6. The summed E-state index contributed by atoms with van der Waals surface area (Å²) in [5, 5.41) is 3.14. The standard InChI is InChI=1S/C23H27N5O2/c29-21(11-20-3-1-2-7-25-20)27-9-5-23(6-10-27)12-19(23)14-26-22(30)28-15-17-4-8-24-13-18(17)16-28/h1-4,7-8,13,19H,5-6,9-12,14-16H2,(H,26,30). The molecule has 7 nitrogen and oxygen atoms in total. The molecule has 2 aromatic heterocycles. The summed E-state index contributed by atoms with van der Waals surface area (Å²) in [6.07, 6.45) is 8.95. The Morgan fingerprint density at radius 3 is 2.67 bits per heavy atom. The smallest absolute Gasteiger partial charge is 0.318 e. The molecule has 5 rings (SSSR count). The van der Waals surface area contributed by atoms with Gasteiger partial charge in [0.1, 0.15) is 0 Å². The summed E-state index contributed by atoms with van der Waals surface area (Å²) in [5.41, 5.74) is 3.46. The average molecular weight is 406 g/mol. The third kappa shape index (κ3) is 3.76. The van der Waals surface area contributed by atoms with Crippen molar-refractivity contribution in [3.63, 3.8) is 0 Å². The van der Waals surface area contributed by atoms with Crippen LogP contribution in [-0.2, 0) is 24.3 Å². The first-order valence-electron chi connectivity index (χ1n) is 10.8. The molecule has 4 heterocycles. The number of amides is 3. The summed E-state index contributed by atoms with van der Waals surface area (Å²) in [4.78, 5) is 37.3. The number of nitrogens with zero attached hydrogens (tertiary/aromatic N) is 4. The number of pyridine rings is 2. The monoisotopic (exact) mass is 405 g/mol. The second-order valence-electron chi connectivity index (χ2n) is 8.83. The SMILES string of the molecule is O=C(Cc1ccccn1)N1CCC2(CC1)CC2CNC(=O)N1Cc2ccncc2C1. The molecule has 30 heavy (non-hydrogen) atoms. The van der Waals surface area contributed by atoms with Gasteiger partial charge in [-0.15, -0.1) is 0 Å². The van der Waals surface area contributed by atoms with Crippen LogP contribution >= 0.6 is 0 Å². The molecule has 1 unspecified atom stereocenters. The molecule has 7 heteroatoms. The van der Waals surface area contributed by atoms with Crippen molar-refractivity contribution in [2.45, 2.75) is 38.8 Å². The number of urea groups is 1. The number of rotatable bonds is 4. The van der Waals surface area contributed by atoms with Gasteiger partial charge in [-0.1, -0.05) is 6.07 Å². The van der Waals surface area contributed by atoms with Crippen LogP contribution in [-0.4, -0.2) is 51.3 Å². The first kappa shape index (κ1) is 19.0. The van der Waals surface area contributed by atoms with Gasteiger partial charge in [-0.2, -0.15) is 0 Å². The summed E-state index contributed by atoms with van der Waals surface area (Å²) in [6, 6.07) is 7.68. The predicted octanol–water partition coefficient (Wildman–Crippen LogP) is 2.37. The third-order valence-electron chi connectivity index (χ3n) is 7.04. The van der Waals surface area contributed by atoms with Crippen LogP contribution in [0.3, 0.4) is 0 Å². The van der Waals surface area contributed by atoms with E-state index in [1.54, 1.807) is 12.4 Å². The lowest BCUT2D eigenvalue weighted by Crippen LogP contribution is -2.41. The number of aromatic nitrogens is 2. The first-order chi connectivity index (χ1) is 14.6. The minimum atomic E-state index is 0.0104. The van der Waals surface area contributed by atoms with Crippen molar-refractivity contribution in [1.29, 1.82) is 0 Å². The number of hydrogen-bond donors (Lipinski definition) is 1. The van der Waals surface area contributed by atoms with E-state index >= 15 is 0 Å². The largest absolute Gasteiger partial charge is 0.342 e. The molecule has 0 bridgehead atoms. The van der Waals surface area contributed by atoms with Crippen LogP contribution in [0.25, 0.3) is 0 Å². The average Bonchev–Trinajstić information content (AvgIpc) is 3.25. The molecule has 2 aliphatic heterocycles. The number of fused-ring (bicyclic) bond motifs is 1. The van der Waals surface area contributed by atoms with Crippen molar-refractivity contribution in [1.82, 2.24) is 25.1 Å². The van der Waals surface area contributed by atoms with Gasteiger partial charge in [-0.25, -0.2) is 4.79 Å². The lowest BCUT2D eigenvalue weighted by Gasteiger charge is -2.33. The normalized spacial score (nSPS) is 21.4. The molecule has 0 radical (unpaired) electrons. The van der Waals surface area contributed by atoms with Crippen LogP contribution in [0.1, 0.15) is 36.1 Å². The summed E-state index contributed by atoms with van der Waals surface area (Å²) in [6.45, 7) is 3.64. The van der Waals surface area contributed by atoms with Gasteiger partial charge < -0.3 is 15.1 Å². The number of carbonyl (C=O) groups is 2. The molecule has 0 aromatic carbocycles. The molecule has 3 amide bonds. The Kier molecular flexibility index (Phi) is 4.89. The molecule has 1 saturated heterocycles. The van der Waals surface area contributed by atoms with E-state index in [1.165, 1.54) is 5.56 Å². The molecule has 2 aromatic rings. The van der Waals surface area contributed by atoms with Crippen LogP contribution in [0.15, 0.2) is 42.9 Å². The number of piperidine rings is 1. The van der Waals surface area contributed by atoms with Gasteiger partial charge in [-0.3, -0.25) is 14.8 Å². The van der Waals surface area contributed by atoms with Crippen molar-refractivity contribution >= 4 is 11.9 Å². The van der Waals surface area contributed by atoms with E-state index in [2.05, 4.69) is 15.3 Å². The number of likely N-dealkylation sites (tertiary alicyclic amines) is 1. The minimum Gasteiger partial charge on any atom is -0.342 e. The van der Waals surface area contributed by atoms with E-state index in [4.69, 9.17) is 0 Å². The van der Waals surface area contributed by atoms with Crippen LogP contribution in [0, 0.1) is 11.3 Å². The van der Waals surface area contributed by atoms with Crippen LogP contribution in [0.5, 0.6) is 0 Å². The summed E-state index contributed by atoms with van der Waals surface area (Å²) < 4.78 is 0. The van der Waals surface area contributed by atoms with Gasteiger partial charge in [0.05, 0.1) is 6.42 Å². The third-order valence-corrected chi connectivity index (χ3v) is 7.04. The van der Waals surface area contributed by atoms with Gasteiger partial charge >= 0.3 is 6.03 Å². The second-order valence-corrected chi connectivity index (χ2v) is 8.83. The summed E-state index contributed by atoms with van der Waals surface area (Å²) >= 11 is 0. The van der Waals surface area contributed by atoms with Gasteiger partial charge in [-0.05, 0) is 59.9 Å². The van der Waals surface area contributed by atoms with E-state index in [9.17, 15) is 9.59 Å². The highest BCUT2D eigenvalue weighted by Crippen LogP contribution is 2.59. The van der Waals surface area contributed by atoms with Gasteiger partial charge in [0, 0.05) is 57.0 Å². The van der Waals surface area contributed by atoms with Gasteiger partial charge in [0.25, 0.3) is 0 Å². The van der Waals surface area contributed by atoms with E-state index in [-0.39, 0.29) is 11.9 Å². The molecule has 1 saturated carbocycles. The highest BCUT2D eigenvalue weighted by Gasteiger charge is 2.54. The summed E-state index contributed by atoms with van der Waals surface area (Å²) in [7, 11) is 0. The van der Waals surface area contributed by atoms with Crippen molar-refractivity contribution in [3.05, 3.63) is 59.7 Å². The van der Waals surface area contributed by atoms with Crippen LogP contribution in [0.2, 0.25) is 0 Å². The zero-order chi connectivity index (χ0) is 20.6. The minimum absolute atomic E-state index is 0.0104. The van der Waals surface area contributed by atoms with Crippen molar-refractivity contribution in [3.8, 4) is 0 Å². The Labute approximate surface area is 176 Å². The van der Waals surface area contributed by atoms with E-state index in [1.807, 2.05) is 40.3 Å². The Hall–Kier alpha value is -2.96. The number of nitrogens with one attached hydrogen (secondary N) is 1. The predicted molar refractivity (Wildman–Crippen MR) is 111 cm³/mol. The molecule has 1 N–H and O–H groups in total. The Morgan fingerprint density at radius 1 is 1.07 bits per heavy atom. The molecule has 2 fully saturated rings. The van der Waals surface area contributed by atoms with E-state index in [0.717, 1.165) is 50.2 Å². The number of hydrogen-bond acceptors (Lipinski definition) is 4. The van der Waals surface area contributed by atoms with E-state index < -0.39 is 0 Å². The van der Waals surface area contributed by atoms with Gasteiger partial charge in [0.2, 0.25) is 5.91 Å². The van der Waals surface area contributed by atoms with Gasteiger partial charge in [0.15, 0.2) is 0 Å². The zero-order valence-corrected chi connectivity index (χ0v) is 17.1. The summed E-state index contributed by atoms with van der Waals surface area (Å²) in [5.74, 6) is 0.693. The van der Waals surface area contributed by atoms with Crippen molar-refractivity contribution in [2.75, 3.05) is 19.6 Å². The lowest BCUT2D eigenvalue weighted by molar-refractivity contribution is -0.132. The first-order valence-corrected chi connectivity index (χ1v) is 10.8. The zero-order valence-electron chi connectivity index (χ0n) is 17.1. The molecule has 1 spiro atoms. The molecule has 3 aliphatic rings.